The topological polar surface area (TPSA) is 35.9 Å². The molecule has 2 heterocycles. The van der Waals surface area contributed by atoms with Crippen molar-refractivity contribution in [1.82, 2.24) is 9.80 Å². The van der Waals surface area contributed by atoms with E-state index in [2.05, 4.69) is 27.8 Å². The van der Waals surface area contributed by atoms with Crippen molar-refractivity contribution in [3.63, 3.8) is 0 Å². The van der Waals surface area contributed by atoms with Gasteiger partial charge >= 0.3 is 0 Å². The highest BCUT2D eigenvalue weighted by molar-refractivity contribution is 9.10. The van der Waals surface area contributed by atoms with Crippen LogP contribution in [0.15, 0.2) is 56.9 Å². The molecule has 1 aromatic carbocycles. The minimum absolute atomic E-state index is 0.00937. The number of likely N-dealkylation sites (tertiary alicyclic amines) is 1. The van der Waals surface area contributed by atoms with Gasteiger partial charge in [-0.05, 0) is 82.2 Å². The Morgan fingerprint density at radius 3 is 2.61 bits per heavy atom. The smallest absolute Gasteiger partial charge is 0.272 e. The summed E-state index contributed by atoms with van der Waals surface area (Å²) in [6.07, 6.45) is 10.6. The quantitative estimate of drug-likeness (QED) is 0.449. The zero-order valence-electron chi connectivity index (χ0n) is 20.0. The van der Waals surface area contributed by atoms with Crippen LogP contribution in [0.25, 0.3) is 5.57 Å². The molecule has 4 rings (SSSR count). The van der Waals surface area contributed by atoms with Crippen LogP contribution in [0.2, 0.25) is 0 Å². The van der Waals surface area contributed by atoms with Crippen LogP contribution in [0.4, 0.5) is 4.39 Å². The zero-order valence-corrected chi connectivity index (χ0v) is 21.6. The van der Waals surface area contributed by atoms with Gasteiger partial charge < -0.3 is 9.80 Å². The highest BCUT2D eigenvalue weighted by atomic mass is 79.9. The van der Waals surface area contributed by atoms with E-state index in [-0.39, 0.29) is 17.8 Å². The summed E-state index contributed by atoms with van der Waals surface area (Å²) in [7, 11) is 2.00. The molecule has 1 amide bonds. The lowest BCUT2D eigenvalue weighted by Crippen LogP contribution is -2.43. The number of carbonyl (C=O) groups excluding carboxylic acids is 1. The third-order valence-corrected chi connectivity index (χ3v) is 7.31. The van der Waals surface area contributed by atoms with Crippen molar-refractivity contribution in [3.8, 4) is 0 Å². The van der Waals surface area contributed by atoms with Crippen molar-refractivity contribution in [2.24, 2.45) is 10.9 Å². The van der Waals surface area contributed by atoms with Crippen LogP contribution < -0.4 is 0 Å². The first kappa shape index (κ1) is 23.9. The van der Waals surface area contributed by atoms with E-state index >= 15 is 0 Å². The lowest BCUT2D eigenvalue weighted by atomic mass is 10.00. The summed E-state index contributed by atoms with van der Waals surface area (Å²) >= 11 is 3.34. The molecule has 0 bridgehead atoms. The second kappa shape index (κ2) is 9.96. The van der Waals surface area contributed by atoms with Crippen molar-refractivity contribution in [1.29, 1.82) is 0 Å². The molecular weight excluding hydrogens is 481 g/mol. The van der Waals surface area contributed by atoms with Crippen LogP contribution in [0.5, 0.6) is 0 Å². The van der Waals surface area contributed by atoms with Crippen molar-refractivity contribution in [2.45, 2.75) is 65.3 Å². The molecule has 3 aliphatic rings. The van der Waals surface area contributed by atoms with E-state index in [0.717, 1.165) is 55.5 Å². The van der Waals surface area contributed by atoms with Crippen LogP contribution in [0, 0.1) is 11.7 Å². The maximum absolute atomic E-state index is 14.8. The zero-order chi connectivity index (χ0) is 23.7. The Hall–Kier alpha value is -2.21. The van der Waals surface area contributed by atoms with Gasteiger partial charge in [0.15, 0.2) is 0 Å². The molecule has 0 spiro atoms. The standard InChI is InChI=1S/C27H33BrFN3O/c1-17(2)22(21-12-11-20(28)14-23(21)29)15-26-30-24(16-25(31(26)4)19-9-10-19)27(33)32-13-7-5-6-8-18(32)3/h11-12,14-16,18-19H,5-10,13H2,1-4H3/b26-15-. The SMILES string of the molecule is CC(C)=C(/C=C1/N=C(C(=O)N2CCCCCC2C)C=C(C2CC2)N1C)c1ccc(Br)cc1F. The van der Waals surface area contributed by atoms with Crippen LogP contribution in [-0.4, -0.2) is 41.1 Å². The normalized spacial score (nSPS) is 22.6. The minimum atomic E-state index is -0.285. The lowest BCUT2D eigenvalue weighted by Gasteiger charge is -2.31. The van der Waals surface area contributed by atoms with E-state index in [0.29, 0.717) is 27.5 Å². The van der Waals surface area contributed by atoms with Crippen molar-refractivity contribution in [2.75, 3.05) is 13.6 Å². The monoisotopic (exact) mass is 513 g/mol. The van der Waals surface area contributed by atoms with Gasteiger partial charge in [-0.1, -0.05) is 40.4 Å². The van der Waals surface area contributed by atoms with E-state index in [1.165, 1.54) is 12.5 Å². The molecule has 1 aliphatic carbocycles. The Morgan fingerprint density at radius 1 is 1.18 bits per heavy atom. The first-order chi connectivity index (χ1) is 15.8. The van der Waals surface area contributed by atoms with E-state index in [4.69, 9.17) is 4.99 Å². The third kappa shape index (κ3) is 5.32. The summed E-state index contributed by atoms with van der Waals surface area (Å²) < 4.78 is 15.5. The highest BCUT2D eigenvalue weighted by Crippen LogP contribution is 2.41. The Balaban J connectivity index is 1.75. The molecule has 0 N–H and O–H groups in total. The molecule has 33 heavy (non-hydrogen) atoms. The van der Waals surface area contributed by atoms with Crippen molar-refractivity contribution < 1.29 is 9.18 Å². The third-order valence-electron chi connectivity index (χ3n) is 6.81. The Kier molecular flexibility index (Phi) is 7.22. The van der Waals surface area contributed by atoms with Gasteiger partial charge in [0.05, 0.1) is 0 Å². The first-order valence-electron chi connectivity index (χ1n) is 12.0. The molecule has 1 unspecified atom stereocenters. The lowest BCUT2D eigenvalue weighted by molar-refractivity contribution is -0.125. The number of halogens is 2. The molecule has 4 nitrogen and oxygen atoms in total. The van der Waals surface area contributed by atoms with E-state index in [1.807, 2.05) is 44.0 Å². The summed E-state index contributed by atoms with van der Waals surface area (Å²) in [4.78, 5) is 22.5. The molecule has 2 aliphatic heterocycles. The van der Waals surface area contributed by atoms with Crippen LogP contribution in [0.3, 0.4) is 0 Å². The molecule has 1 atom stereocenters. The number of amides is 1. The van der Waals surface area contributed by atoms with Crippen LogP contribution >= 0.6 is 15.9 Å². The maximum Gasteiger partial charge on any atom is 0.272 e. The van der Waals surface area contributed by atoms with Gasteiger partial charge in [-0.2, -0.15) is 0 Å². The number of nitrogens with zero attached hydrogens (tertiary/aromatic N) is 3. The van der Waals surface area contributed by atoms with Crippen LogP contribution in [-0.2, 0) is 4.79 Å². The van der Waals surface area contributed by atoms with Gasteiger partial charge in [0.2, 0.25) is 0 Å². The largest absolute Gasteiger partial charge is 0.335 e. The molecule has 0 radical (unpaired) electrons. The average Bonchev–Trinajstić information content (AvgIpc) is 3.61. The van der Waals surface area contributed by atoms with Gasteiger partial charge in [0.1, 0.15) is 17.3 Å². The Morgan fingerprint density at radius 2 is 1.94 bits per heavy atom. The summed E-state index contributed by atoms with van der Waals surface area (Å²) in [6, 6.07) is 5.33. The van der Waals surface area contributed by atoms with Gasteiger partial charge in [-0.15, -0.1) is 0 Å². The van der Waals surface area contributed by atoms with Gasteiger partial charge in [-0.3, -0.25) is 4.79 Å². The average molecular weight is 514 g/mol. The molecule has 0 aromatic heterocycles. The number of hydrogen-bond donors (Lipinski definition) is 0. The fraction of sp³-hybridized carbons (Fsp3) is 0.481. The molecule has 176 valence electrons. The summed E-state index contributed by atoms with van der Waals surface area (Å²) in [6.45, 7) is 6.87. The summed E-state index contributed by atoms with van der Waals surface area (Å²) in [5.74, 6) is 0.865. The maximum atomic E-state index is 14.8. The van der Waals surface area contributed by atoms with Crippen molar-refractivity contribution in [3.05, 3.63) is 63.3 Å². The van der Waals surface area contributed by atoms with Gasteiger partial charge in [0, 0.05) is 35.4 Å². The molecule has 2 fully saturated rings. The molecule has 1 aromatic rings. The number of aliphatic imine (C=N–C) groups is 1. The number of benzene rings is 1. The first-order valence-corrected chi connectivity index (χ1v) is 12.7. The second-order valence-corrected chi connectivity index (χ2v) is 10.6. The number of allylic oxidation sites excluding steroid dienone is 4. The molecule has 6 heteroatoms. The number of rotatable bonds is 4. The van der Waals surface area contributed by atoms with Crippen LogP contribution in [0.1, 0.15) is 64.9 Å². The van der Waals surface area contributed by atoms with E-state index < -0.39 is 0 Å². The highest BCUT2D eigenvalue weighted by Gasteiger charge is 2.34. The Bertz CT molecular complexity index is 1060. The molecule has 1 saturated heterocycles. The fourth-order valence-corrected chi connectivity index (χ4v) is 4.99. The predicted octanol–water partition coefficient (Wildman–Crippen LogP) is 6.69. The molecule has 1 saturated carbocycles. The summed E-state index contributed by atoms with van der Waals surface area (Å²) in [5.41, 5.74) is 3.94. The van der Waals surface area contributed by atoms with Gasteiger partial charge in [-0.25, -0.2) is 9.38 Å². The van der Waals surface area contributed by atoms with Crippen molar-refractivity contribution >= 4 is 33.1 Å². The molecular formula is C27H33BrFN3O. The number of carbonyl (C=O) groups is 1. The Labute approximate surface area is 205 Å². The second-order valence-electron chi connectivity index (χ2n) is 9.64. The van der Waals surface area contributed by atoms with Gasteiger partial charge in [0.25, 0.3) is 5.91 Å². The van der Waals surface area contributed by atoms with E-state index in [1.54, 1.807) is 6.07 Å². The summed E-state index contributed by atoms with van der Waals surface area (Å²) in [5, 5.41) is 0. The number of hydrogen-bond acceptors (Lipinski definition) is 3. The van der Waals surface area contributed by atoms with E-state index in [9.17, 15) is 9.18 Å². The fourth-order valence-electron chi connectivity index (χ4n) is 4.66. The minimum Gasteiger partial charge on any atom is -0.335 e. The predicted molar refractivity (Wildman–Crippen MR) is 136 cm³/mol.